The number of nitrogens with one attached hydrogen (secondary N) is 1. The van der Waals surface area contributed by atoms with Crippen LogP contribution < -0.4 is 10.1 Å². The van der Waals surface area contributed by atoms with E-state index in [1.807, 2.05) is 31.2 Å². The van der Waals surface area contributed by atoms with Crippen molar-refractivity contribution in [3.63, 3.8) is 0 Å². The molecule has 0 atom stereocenters. The van der Waals surface area contributed by atoms with Crippen molar-refractivity contribution in [1.29, 1.82) is 0 Å². The van der Waals surface area contributed by atoms with Gasteiger partial charge in [0.15, 0.2) is 0 Å². The number of hydrogen-bond donors (Lipinski definition) is 1. The second-order valence-corrected chi connectivity index (χ2v) is 3.98. The molecule has 4 nitrogen and oxygen atoms in total. The summed E-state index contributed by atoms with van der Waals surface area (Å²) in [6, 6.07) is 7.81. The van der Waals surface area contributed by atoms with Crippen molar-refractivity contribution in [2.24, 2.45) is 0 Å². The van der Waals surface area contributed by atoms with E-state index in [0.29, 0.717) is 13.2 Å². The van der Waals surface area contributed by atoms with Crippen molar-refractivity contribution in [3.8, 4) is 5.75 Å². The summed E-state index contributed by atoms with van der Waals surface area (Å²) in [7, 11) is 1.64. The Balaban J connectivity index is 2.54. The summed E-state index contributed by atoms with van der Waals surface area (Å²) in [5, 5.41) is 3.23. The van der Waals surface area contributed by atoms with E-state index in [-0.39, 0.29) is 5.97 Å². The molecular weight excluding hydrogens is 242 g/mol. The van der Waals surface area contributed by atoms with Gasteiger partial charge in [0.05, 0.1) is 13.7 Å². The van der Waals surface area contributed by atoms with Crippen LogP contribution >= 0.6 is 0 Å². The van der Waals surface area contributed by atoms with Gasteiger partial charge in [-0.2, -0.15) is 0 Å². The molecule has 0 fully saturated rings. The summed E-state index contributed by atoms with van der Waals surface area (Å²) in [6.07, 6.45) is 2.27. The number of hydrogen-bond acceptors (Lipinski definition) is 4. The van der Waals surface area contributed by atoms with Crippen LogP contribution in [0.1, 0.15) is 25.8 Å². The molecule has 104 valence electrons. The number of carbonyl (C=O) groups is 1. The molecular formula is C15H21NO3. The minimum absolute atomic E-state index is 0.304. The fraction of sp³-hybridized carbons (Fsp3) is 0.400. The van der Waals surface area contributed by atoms with E-state index in [1.165, 1.54) is 6.08 Å². The van der Waals surface area contributed by atoms with E-state index >= 15 is 0 Å². The van der Waals surface area contributed by atoms with Crippen LogP contribution in [0.15, 0.2) is 36.0 Å². The maximum atomic E-state index is 11.4. The van der Waals surface area contributed by atoms with E-state index in [2.05, 4.69) is 5.32 Å². The first-order valence-electron chi connectivity index (χ1n) is 6.43. The SMILES string of the molecule is CCOC(=O)/C=C(/CC)NCc1ccc(OC)cc1. The molecule has 0 aromatic heterocycles. The first kappa shape index (κ1) is 15.1. The minimum atomic E-state index is -0.304. The Labute approximate surface area is 114 Å². The van der Waals surface area contributed by atoms with Crippen molar-refractivity contribution in [2.45, 2.75) is 26.8 Å². The van der Waals surface area contributed by atoms with Crippen LogP contribution in [0.25, 0.3) is 0 Å². The molecule has 0 bridgehead atoms. The predicted molar refractivity (Wildman–Crippen MR) is 74.8 cm³/mol. The van der Waals surface area contributed by atoms with Crippen LogP contribution in [0.2, 0.25) is 0 Å². The van der Waals surface area contributed by atoms with E-state index in [0.717, 1.165) is 23.4 Å². The molecule has 19 heavy (non-hydrogen) atoms. The van der Waals surface area contributed by atoms with Gasteiger partial charge < -0.3 is 14.8 Å². The van der Waals surface area contributed by atoms with Gasteiger partial charge in [-0.25, -0.2) is 4.79 Å². The molecule has 0 saturated heterocycles. The van der Waals surface area contributed by atoms with Crippen molar-refractivity contribution in [3.05, 3.63) is 41.6 Å². The van der Waals surface area contributed by atoms with Crippen LogP contribution in [0, 0.1) is 0 Å². The van der Waals surface area contributed by atoms with Crippen molar-refractivity contribution >= 4 is 5.97 Å². The Hall–Kier alpha value is -1.97. The lowest BCUT2D eigenvalue weighted by atomic mass is 10.2. The third-order valence-electron chi connectivity index (χ3n) is 2.64. The largest absolute Gasteiger partial charge is 0.497 e. The van der Waals surface area contributed by atoms with E-state index in [1.54, 1.807) is 14.0 Å². The number of methoxy groups -OCH3 is 1. The Morgan fingerprint density at radius 3 is 2.47 bits per heavy atom. The maximum Gasteiger partial charge on any atom is 0.332 e. The molecule has 0 amide bonds. The number of carbonyl (C=O) groups excluding carboxylic acids is 1. The zero-order valence-corrected chi connectivity index (χ0v) is 11.7. The number of benzene rings is 1. The van der Waals surface area contributed by atoms with Gasteiger partial charge in [-0.3, -0.25) is 0 Å². The monoisotopic (exact) mass is 263 g/mol. The molecule has 1 N–H and O–H groups in total. The van der Waals surface area contributed by atoms with E-state index < -0.39 is 0 Å². The standard InChI is InChI=1S/C15H21NO3/c1-4-13(10-15(17)19-5-2)16-11-12-6-8-14(18-3)9-7-12/h6-10,16H,4-5,11H2,1-3H3/b13-10-. The Morgan fingerprint density at radius 2 is 1.95 bits per heavy atom. The van der Waals surface area contributed by atoms with Crippen LogP contribution in [-0.2, 0) is 16.1 Å². The molecule has 4 heteroatoms. The third kappa shape index (κ3) is 5.46. The Bertz CT molecular complexity index is 424. The van der Waals surface area contributed by atoms with Crippen LogP contribution in [0.4, 0.5) is 0 Å². The molecule has 1 aromatic carbocycles. The molecule has 0 aliphatic heterocycles. The molecule has 0 heterocycles. The Morgan fingerprint density at radius 1 is 1.26 bits per heavy atom. The zero-order valence-electron chi connectivity index (χ0n) is 11.7. The van der Waals surface area contributed by atoms with Gasteiger partial charge in [0, 0.05) is 18.3 Å². The minimum Gasteiger partial charge on any atom is -0.497 e. The Kier molecular flexibility index (Phi) is 6.50. The highest BCUT2D eigenvalue weighted by molar-refractivity contribution is 5.82. The number of esters is 1. The normalized spacial score (nSPS) is 11.0. The predicted octanol–water partition coefficient (Wildman–Crippen LogP) is 2.64. The average Bonchev–Trinajstić information content (AvgIpc) is 2.44. The smallest absolute Gasteiger partial charge is 0.332 e. The van der Waals surface area contributed by atoms with Crippen molar-refractivity contribution in [1.82, 2.24) is 5.32 Å². The van der Waals surface area contributed by atoms with Gasteiger partial charge in [0.1, 0.15) is 5.75 Å². The molecule has 0 saturated carbocycles. The number of ether oxygens (including phenoxy) is 2. The summed E-state index contributed by atoms with van der Waals surface area (Å²) in [6.45, 7) is 4.85. The first-order valence-corrected chi connectivity index (χ1v) is 6.43. The van der Waals surface area contributed by atoms with Crippen molar-refractivity contribution in [2.75, 3.05) is 13.7 Å². The van der Waals surface area contributed by atoms with Gasteiger partial charge in [-0.15, -0.1) is 0 Å². The second kappa shape index (κ2) is 8.19. The van der Waals surface area contributed by atoms with Gasteiger partial charge >= 0.3 is 5.97 Å². The summed E-state index contributed by atoms with van der Waals surface area (Å²) < 4.78 is 9.99. The maximum absolute atomic E-state index is 11.4. The second-order valence-electron chi connectivity index (χ2n) is 3.98. The number of rotatable bonds is 7. The molecule has 0 aliphatic carbocycles. The summed E-state index contributed by atoms with van der Waals surface area (Å²) in [4.78, 5) is 11.4. The van der Waals surface area contributed by atoms with Crippen LogP contribution in [0.3, 0.4) is 0 Å². The van der Waals surface area contributed by atoms with Crippen molar-refractivity contribution < 1.29 is 14.3 Å². The molecule has 1 aromatic rings. The topological polar surface area (TPSA) is 47.6 Å². The summed E-state index contributed by atoms with van der Waals surface area (Å²) in [5.74, 6) is 0.531. The number of allylic oxidation sites excluding steroid dienone is 1. The highest BCUT2D eigenvalue weighted by atomic mass is 16.5. The summed E-state index contributed by atoms with van der Waals surface area (Å²) in [5.41, 5.74) is 2.00. The highest BCUT2D eigenvalue weighted by Gasteiger charge is 2.01. The highest BCUT2D eigenvalue weighted by Crippen LogP contribution is 2.11. The molecule has 1 rings (SSSR count). The third-order valence-corrected chi connectivity index (χ3v) is 2.64. The van der Waals surface area contributed by atoms with Gasteiger partial charge in [-0.1, -0.05) is 19.1 Å². The average molecular weight is 263 g/mol. The molecule has 0 unspecified atom stereocenters. The summed E-state index contributed by atoms with van der Waals surface area (Å²) >= 11 is 0. The molecule has 0 aliphatic rings. The van der Waals surface area contributed by atoms with Crippen LogP contribution in [-0.4, -0.2) is 19.7 Å². The quantitative estimate of drug-likeness (QED) is 0.607. The lowest BCUT2D eigenvalue weighted by Gasteiger charge is -2.09. The van der Waals surface area contributed by atoms with Gasteiger partial charge in [0.25, 0.3) is 0 Å². The van der Waals surface area contributed by atoms with E-state index in [9.17, 15) is 4.79 Å². The van der Waals surface area contributed by atoms with Gasteiger partial charge in [-0.05, 0) is 31.0 Å². The zero-order chi connectivity index (χ0) is 14.1. The van der Waals surface area contributed by atoms with Crippen LogP contribution in [0.5, 0.6) is 5.75 Å². The molecule has 0 radical (unpaired) electrons. The first-order chi connectivity index (χ1) is 9.19. The fourth-order valence-corrected chi connectivity index (χ4v) is 1.56. The van der Waals surface area contributed by atoms with E-state index in [4.69, 9.17) is 9.47 Å². The fourth-order valence-electron chi connectivity index (χ4n) is 1.56. The van der Waals surface area contributed by atoms with Gasteiger partial charge in [0.2, 0.25) is 0 Å². The lowest BCUT2D eigenvalue weighted by molar-refractivity contribution is -0.137. The lowest BCUT2D eigenvalue weighted by Crippen LogP contribution is -2.14. The molecule has 0 spiro atoms.